The zero-order chi connectivity index (χ0) is 14.9. The van der Waals surface area contributed by atoms with Crippen LogP contribution in [0.25, 0.3) is 0 Å². The van der Waals surface area contributed by atoms with Gasteiger partial charge in [0.15, 0.2) is 0 Å². The number of aryl methyl sites for hydroxylation is 2. The van der Waals surface area contributed by atoms with Crippen molar-refractivity contribution in [1.29, 1.82) is 0 Å². The highest BCUT2D eigenvalue weighted by Gasteiger charge is 2.18. The van der Waals surface area contributed by atoms with E-state index in [1.165, 1.54) is 12.1 Å². The Morgan fingerprint density at radius 2 is 1.80 bits per heavy atom. The molecule has 0 aliphatic carbocycles. The van der Waals surface area contributed by atoms with Gasteiger partial charge in [0.05, 0.1) is 5.69 Å². The van der Waals surface area contributed by atoms with Crippen molar-refractivity contribution < 1.29 is 13.5 Å². The van der Waals surface area contributed by atoms with Crippen LogP contribution < -0.4 is 4.72 Å². The van der Waals surface area contributed by atoms with Crippen molar-refractivity contribution in [2.45, 2.75) is 18.7 Å². The third-order valence-electron chi connectivity index (χ3n) is 2.84. The Labute approximate surface area is 126 Å². The summed E-state index contributed by atoms with van der Waals surface area (Å²) in [4.78, 5) is 0.156. The summed E-state index contributed by atoms with van der Waals surface area (Å²) in [7, 11) is -3.70. The second kappa shape index (κ2) is 5.46. The molecule has 2 aromatic carbocycles. The van der Waals surface area contributed by atoms with Crippen molar-refractivity contribution in [2.24, 2.45) is 0 Å². The van der Waals surface area contributed by atoms with Gasteiger partial charge in [-0.25, -0.2) is 8.42 Å². The summed E-state index contributed by atoms with van der Waals surface area (Å²) in [5, 5.41) is 9.61. The molecule has 0 aliphatic rings. The molecule has 0 bridgehead atoms. The number of phenolic OH excluding ortho intramolecular Hbond substituents is 1. The molecular weight excluding hydrogens is 342 g/mol. The Hall–Kier alpha value is -1.53. The number of sulfonamides is 1. The summed E-state index contributed by atoms with van der Waals surface area (Å²) in [5.41, 5.74) is 1.97. The average molecular weight is 356 g/mol. The van der Waals surface area contributed by atoms with E-state index in [-0.39, 0.29) is 10.6 Å². The van der Waals surface area contributed by atoms with Crippen LogP contribution in [0.1, 0.15) is 11.1 Å². The zero-order valence-electron chi connectivity index (χ0n) is 11.0. The summed E-state index contributed by atoms with van der Waals surface area (Å²) in [5.74, 6) is 0.0492. The molecule has 106 valence electrons. The van der Waals surface area contributed by atoms with Crippen LogP contribution in [0.3, 0.4) is 0 Å². The number of aromatic hydroxyl groups is 1. The molecule has 0 spiro atoms. The molecule has 20 heavy (non-hydrogen) atoms. The molecule has 0 fully saturated rings. The summed E-state index contributed by atoms with van der Waals surface area (Å²) in [6.45, 7) is 3.62. The highest BCUT2D eigenvalue weighted by molar-refractivity contribution is 9.10. The fourth-order valence-corrected chi connectivity index (χ4v) is 3.95. The van der Waals surface area contributed by atoms with Crippen molar-refractivity contribution in [3.05, 3.63) is 52.0 Å². The molecule has 2 N–H and O–H groups in total. The summed E-state index contributed by atoms with van der Waals surface area (Å²) in [6.07, 6.45) is 0. The molecule has 0 saturated heterocycles. The van der Waals surface area contributed by atoms with Gasteiger partial charge in [0, 0.05) is 10.5 Å². The van der Waals surface area contributed by atoms with Crippen molar-refractivity contribution in [2.75, 3.05) is 4.72 Å². The smallest absolute Gasteiger partial charge is 0.263 e. The second-order valence-electron chi connectivity index (χ2n) is 4.54. The van der Waals surface area contributed by atoms with Crippen LogP contribution in [0.4, 0.5) is 5.69 Å². The van der Waals surface area contributed by atoms with E-state index in [4.69, 9.17) is 0 Å². The number of phenols is 1. The fraction of sp³-hybridized carbons (Fsp3) is 0.143. The van der Waals surface area contributed by atoms with Crippen LogP contribution in [-0.4, -0.2) is 13.5 Å². The van der Waals surface area contributed by atoms with E-state index in [1.54, 1.807) is 31.2 Å². The van der Waals surface area contributed by atoms with Crippen molar-refractivity contribution in [3.8, 4) is 5.75 Å². The van der Waals surface area contributed by atoms with Crippen LogP contribution in [0.15, 0.2) is 45.8 Å². The summed E-state index contributed by atoms with van der Waals surface area (Å²) < 4.78 is 27.6. The minimum atomic E-state index is -3.70. The van der Waals surface area contributed by atoms with E-state index in [0.29, 0.717) is 15.7 Å². The van der Waals surface area contributed by atoms with E-state index in [1.807, 2.05) is 6.92 Å². The average Bonchev–Trinajstić information content (AvgIpc) is 2.33. The first-order valence-electron chi connectivity index (χ1n) is 5.88. The van der Waals surface area contributed by atoms with Crippen LogP contribution in [0.2, 0.25) is 0 Å². The van der Waals surface area contributed by atoms with Crippen LogP contribution >= 0.6 is 15.9 Å². The topological polar surface area (TPSA) is 66.4 Å². The lowest BCUT2D eigenvalue weighted by atomic mass is 10.2. The van der Waals surface area contributed by atoms with Crippen molar-refractivity contribution >= 4 is 31.6 Å². The van der Waals surface area contributed by atoms with Gasteiger partial charge in [-0.1, -0.05) is 12.1 Å². The first-order chi connectivity index (χ1) is 9.29. The van der Waals surface area contributed by atoms with E-state index in [0.717, 1.165) is 5.56 Å². The molecule has 0 radical (unpaired) electrons. The van der Waals surface area contributed by atoms with Gasteiger partial charge >= 0.3 is 0 Å². The van der Waals surface area contributed by atoms with Crippen molar-refractivity contribution in [3.63, 3.8) is 0 Å². The van der Waals surface area contributed by atoms with Gasteiger partial charge in [-0.05, 0) is 59.1 Å². The van der Waals surface area contributed by atoms with Gasteiger partial charge in [-0.2, -0.15) is 0 Å². The van der Waals surface area contributed by atoms with E-state index >= 15 is 0 Å². The predicted molar refractivity (Wildman–Crippen MR) is 82.5 cm³/mol. The maximum atomic E-state index is 12.3. The lowest BCUT2D eigenvalue weighted by molar-refractivity contribution is 0.471. The maximum absolute atomic E-state index is 12.3. The lowest BCUT2D eigenvalue weighted by Gasteiger charge is -2.11. The molecule has 2 aromatic rings. The first kappa shape index (κ1) is 14.9. The Bertz CT molecular complexity index is 757. The minimum Gasteiger partial charge on any atom is -0.508 e. The third kappa shape index (κ3) is 3.13. The Kier molecular flexibility index (Phi) is 4.06. The number of halogens is 1. The SMILES string of the molecule is Cc1ccc(S(=O)(=O)Nc2ccc(C)c(O)c2)c(Br)c1. The monoisotopic (exact) mass is 355 g/mol. The molecular formula is C14H14BrNO3S. The van der Waals surface area contributed by atoms with Gasteiger partial charge in [0.1, 0.15) is 10.6 Å². The zero-order valence-corrected chi connectivity index (χ0v) is 13.4. The quantitative estimate of drug-likeness (QED) is 0.884. The highest BCUT2D eigenvalue weighted by atomic mass is 79.9. The number of anilines is 1. The largest absolute Gasteiger partial charge is 0.508 e. The molecule has 6 heteroatoms. The Morgan fingerprint density at radius 1 is 1.10 bits per heavy atom. The van der Waals surface area contributed by atoms with Gasteiger partial charge < -0.3 is 5.11 Å². The number of benzene rings is 2. The van der Waals surface area contributed by atoms with Crippen LogP contribution in [0.5, 0.6) is 5.75 Å². The third-order valence-corrected chi connectivity index (χ3v) is 5.20. The highest BCUT2D eigenvalue weighted by Crippen LogP contribution is 2.27. The van der Waals surface area contributed by atoms with Crippen LogP contribution in [-0.2, 0) is 10.0 Å². The summed E-state index contributed by atoms with van der Waals surface area (Å²) >= 11 is 3.25. The maximum Gasteiger partial charge on any atom is 0.263 e. The molecule has 0 aliphatic heterocycles. The standard InChI is InChI=1S/C14H14BrNO3S/c1-9-3-6-14(12(15)7-9)20(18,19)16-11-5-4-10(2)13(17)8-11/h3-8,16-17H,1-2H3. The molecule has 2 rings (SSSR count). The fourth-order valence-electron chi connectivity index (χ4n) is 1.71. The molecule has 0 heterocycles. The Balaban J connectivity index is 2.38. The lowest BCUT2D eigenvalue weighted by Crippen LogP contribution is -2.13. The number of hydrogen-bond donors (Lipinski definition) is 2. The van der Waals surface area contributed by atoms with E-state index in [2.05, 4.69) is 20.7 Å². The molecule has 0 amide bonds. The molecule has 0 saturated carbocycles. The van der Waals surface area contributed by atoms with Gasteiger partial charge in [0.2, 0.25) is 0 Å². The van der Waals surface area contributed by atoms with Crippen molar-refractivity contribution in [1.82, 2.24) is 0 Å². The molecule has 0 atom stereocenters. The molecule has 4 nitrogen and oxygen atoms in total. The van der Waals surface area contributed by atoms with Crippen LogP contribution in [0, 0.1) is 13.8 Å². The summed E-state index contributed by atoms with van der Waals surface area (Å²) in [6, 6.07) is 9.64. The number of nitrogens with one attached hydrogen (secondary N) is 1. The molecule has 0 unspecified atom stereocenters. The van der Waals surface area contributed by atoms with Gasteiger partial charge in [-0.3, -0.25) is 4.72 Å². The molecule has 0 aromatic heterocycles. The van der Waals surface area contributed by atoms with E-state index < -0.39 is 10.0 Å². The van der Waals surface area contributed by atoms with Gasteiger partial charge in [-0.15, -0.1) is 0 Å². The normalized spacial score (nSPS) is 11.3. The minimum absolute atomic E-state index is 0.0492. The first-order valence-corrected chi connectivity index (χ1v) is 8.16. The second-order valence-corrected chi connectivity index (χ2v) is 7.05. The Morgan fingerprint density at radius 3 is 2.40 bits per heavy atom. The predicted octanol–water partition coefficient (Wildman–Crippen LogP) is 3.57. The van der Waals surface area contributed by atoms with Gasteiger partial charge in [0.25, 0.3) is 10.0 Å². The van der Waals surface area contributed by atoms with E-state index in [9.17, 15) is 13.5 Å². The number of rotatable bonds is 3. The number of hydrogen-bond acceptors (Lipinski definition) is 3.